The molecule has 6 nitrogen and oxygen atoms in total. The van der Waals surface area contributed by atoms with E-state index in [2.05, 4.69) is 15.6 Å². The first-order valence-corrected chi connectivity index (χ1v) is 8.95. The molecule has 0 bridgehead atoms. The number of benzene rings is 1. The van der Waals surface area contributed by atoms with E-state index in [1.807, 2.05) is 49.9 Å². The molecule has 0 aliphatic carbocycles. The molecule has 0 aromatic heterocycles. The monoisotopic (exact) mass is 346 g/mol. The zero-order valence-electron chi connectivity index (χ0n) is 15.7. The van der Waals surface area contributed by atoms with Crippen LogP contribution in [0, 0.1) is 12.8 Å². The van der Waals surface area contributed by atoms with Crippen molar-refractivity contribution in [1.82, 2.24) is 15.5 Å². The summed E-state index contributed by atoms with van der Waals surface area (Å²) >= 11 is 0. The number of rotatable bonds is 6. The quantitative estimate of drug-likeness (QED) is 0.468. The lowest BCUT2D eigenvalue weighted by Gasteiger charge is -2.20. The van der Waals surface area contributed by atoms with Crippen molar-refractivity contribution in [3.05, 3.63) is 29.8 Å². The van der Waals surface area contributed by atoms with Crippen molar-refractivity contribution in [1.29, 1.82) is 0 Å². The predicted molar refractivity (Wildman–Crippen MR) is 101 cm³/mol. The van der Waals surface area contributed by atoms with Gasteiger partial charge in [0.05, 0.1) is 6.54 Å². The molecule has 25 heavy (non-hydrogen) atoms. The second-order valence-corrected chi connectivity index (χ2v) is 6.68. The number of hydrogen-bond donors (Lipinski definition) is 2. The number of carbonyl (C=O) groups excluding carboxylic acids is 1. The van der Waals surface area contributed by atoms with Crippen LogP contribution < -0.4 is 15.4 Å². The molecule has 2 rings (SSSR count). The Labute approximate surface area is 150 Å². The van der Waals surface area contributed by atoms with Gasteiger partial charge >= 0.3 is 0 Å². The van der Waals surface area contributed by atoms with Crippen LogP contribution in [0.1, 0.15) is 25.8 Å². The van der Waals surface area contributed by atoms with Gasteiger partial charge in [0.25, 0.3) is 0 Å². The van der Waals surface area contributed by atoms with Crippen LogP contribution in [0.5, 0.6) is 5.75 Å². The summed E-state index contributed by atoms with van der Waals surface area (Å²) in [5, 5.41) is 6.65. The third kappa shape index (κ3) is 5.66. The molecule has 1 aliphatic rings. The van der Waals surface area contributed by atoms with Gasteiger partial charge < -0.3 is 20.3 Å². The van der Waals surface area contributed by atoms with Crippen LogP contribution in [0.15, 0.2) is 29.3 Å². The smallest absolute Gasteiger partial charge is 0.225 e. The number of ether oxygens (including phenoxy) is 1. The fourth-order valence-corrected chi connectivity index (χ4v) is 2.88. The maximum absolute atomic E-state index is 12.1. The number of nitrogens with zero attached hydrogens (tertiary/aromatic N) is 2. The van der Waals surface area contributed by atoms with Gasteiger partial charge in [-0.25, -0.2) is 0 Å². The molecular formula is C19H30N4O2. The lowest BCUT2D eigenvalue weighted by atomic mass is 10.2. The molecule has 2 N–H and O–H groups in total. The zero-order chi connectivity index (χ0) is 18.2. The largest absolute Gasteiger partial charge is 0.491 e. The molecule has 0 radical (unpaired) electrons. The molecule has 1 aromatic rings. The van der Waals surface area contributed by atoms with Crippen molar-refractivity contribution >= 4 is 11.9 Å². The Hall–Kier alpha value is -2.24. The van der Waals surface area contributed by atoms with E-state index in [0.717, 1.165) is 36.8 Å². The minimum Gasteiger partial charge on any atom is -0.491 e. The third-order valence-electron chi connectivity index (χ3n) is 4.30. The van der Waals surface area contributed by atoms with E-state index in [9.17, 15) is 4.79 Å². The van der Waals surface area contributed by atoms with Crippen LogP contribution in [0.3, 0.4) is 0 Å². The summed E-state index contributed by atoms with van der Waals surface area (Å²) in [5.41, 5.74) is 1.13. The van der Waals surface area contributed by atoms with E-state index < -0.39 is 0 Å². The average molecular weight is 346 g/mol. The standard InChI is InChI=1S/C19H30N4O2/c1-14(2)18(24)23-11-9-16(13-23)22-19(20-4)21-10-12-25-17-8-6-5-7-15(17)3/h5-8,14,16H,9-13H2,1-4H3,(H2,20,21,22). The van der Waals surface area contributed by atoms with Crippen molar-refractivity contribution in [2.75, 3.05) is 33.3 Å². The molecule has 0 spiro atoms. The van der Waals surface area contributed by atoms with Gasteiger partial charge in [0.1, 0.15) is 12.4 Å². The predicted octanol–water partition coefficient (Wildman–Crippen LogP) is 1.80. The molecule has 1 fully saturated rings. The van der Waals surface area contributed by atoms with E-state index in [1.165, 1.54) is 0 Å². The number of hydrogen-bond acceptors (Lipinski definition) is 3. The Morgan fingerprint density at radius 2 is 2.16 bits per heavy atom. The Morgan fingerprint density at radius 3 is 2.84 bits per heavy atom. The number of amides is 1. The maximum atomic E-state index is 12.1. The molecule has 1 atom stereocenters. The number of aryl methyl sites for hydroxylation is 1. The Bertz CT molecular complexity index is 601. The second kappa shape index (κ2) is 9.30. The third-order valence-corrected chi connectivity index (χ3v) is 4.30. The molecule has 1 aliphatic heterocycles. The lowest BCUT2D eigenvalue weighted by Crippen LogP contribution is -2.46. The molecule has 1 unspecified atom stereocenters. The molecule has 1 amide bonds. The highest BCUT2D eigenvalue weighted by atomic mass is 16.5. The van der Waals surface area contributed by atoms with Crippen LogP contribution >= 0.6 is 0 Å². The summed E-state index contributed by atoms with van der Waals surface area (Å²) in [6, 6.07) is 8.22. The normalized spacial score (nSPS) is 17.7. The fourth-order valence-electron chi connectivity index (χ4n) is 2.88. The summed E-state index contributed by atoms with van der Waals surface area (Å²) in [7, 11) is 1.75. The first-order chi connectivity index (χ1) is 12.0. The van der Waals surface area contributed by atoms with Crippen molar-refractivity contribution in [3.8, 4) is 5.75 Å². The first-order valence-electron chi connectivity index (χ1n) is 8.95. The Kier molecular flexibility index (Phi) is 7.10. The topological polar surface area (TPSA) is 66.0 Å². The van der Waals surface area contributed by atoms with Gasteiger partial charge in [-0.05, 0) is 25.0 Å². The SMILES string of the molecule is CN=C(NCCOc1ccccc1C)NC1CCN(C(=O)C(C)C)C1. The average Bonchev–Trinajstić information content (AvgIpc) is 3.06. The second-order valence-electron chi connectivity index (χ2n) is 6.68. The number of carbonyl (C=O) groups is 1. The highest BCUT2D eigenvalue weighted by molar-refractivity contribution is 5.81. The van der Waals surface area contributed by atoms with Crippen LogP contribution in [-0.4, -0.2) is 56.1 Å². The van der Waals surface area contributed by atoms with Gasteiger partial charge in [-0.1, -0.05) is 32.0 Å². The van der Waals surface area contributed by atoms with Gasteiger partial charge in [0, 0.05) is 32.1 Å². The number of aliphatic imine (C=N–C) groups is 1. The van der Waals surface area contributed by atoms with E-state index in [-0.39, 0.29) is 17.9 Å². The zero-order valence-corrected chi connectivity index (χ0v) is 15.7. The highest BCUT2D eigenvalue weighted by Gasteiger charge is 2.27. The van der Waals surface area contributed by atoms with Gasteiger partial charge in [-0.3, -0.25) is 9.79 Å². The van der Waals surface area contributed by atoms with Crippen LogP contribution in [0.25, 0.3) is 0 Å². The van der Waals surface area contributed by atoms with E-state index >= 15 is 0 Å². The summed E-state index contributed by atoms with van der Waals surface area (Å²) in [6.07, 6.45) is 0.943. The Morgan fingerprint density at radius 1 is 1.40 bits per heavy atom. The molecule has 1 heterocycles. The summed E-state index contributed by atoms with van der Waals surface area (Å²) in [6.45, 7) is 8.69. The van der Waals surface area contributed by atoms with Gasteiger partial charge in [-0.15, -0.1) is 0 Å². The first kappa shape index (κ1) is 19.1. The van der Waals surface area contributed by atoms with Gasteiger partial charge in [0.15, 0.2) is 5.96 Å². The summed E-state index contributed by atoms with van der Waals surface area (Å²) in [5.74, 6) is 1.93. The van der Waals surface area contributed by atoms with Gasteiger partial charge in [-0.2, -0.15) is 0 Å². The molecule has 6 heteroatoms. The fraction of sp³-hybridized carbons (Fsp3) is 0.579. The number of guanidine groups is 1. The van der Waals surface area contributed by atoms with Crippen molar-refractivity contribution in [3.63, 3.8) is 0 Å². The lowest BCUT2D eigenvalue weighted by molar-refractivity contribution is -0.133. The minimum absolute atomic E-state index is 0.0507. The summed E-state index contributed by atoms with van der Waals surface area (Å²) < 4.78 is 5.78. The molecular weight excluding hydrogens is 316 g/mol. The van der Waals surface area contributed by atoms with Gasteiger partial charge in [0.2, 0.25) is 5.91 Å². The van der Waals surface area contributed by atoms with Crippen LogP contribution in [0.2, 0.25) is 0 Å². The van der Waals surface area contributed by atoms with E-state index in [1.54, 1.807) is 7.05 Å². The number of likely N-dealkylation sites (tertiary alicyclic amines) is 1. The molecule has 138 valence electrons. The highest BCUT2D eigenvalue weighted by Crippen LogP contribution is 2.15. The summed E-state index contributed by atoms with van der Waals surface area (Å²) in [4.78, 5) is 18.2. The van der Waals surface area contributed by atoms with E-state index in [4.69, 9.17) is 4.74 Å². The van der Waals surface area contributed by atoms with E-state index in [0.29, 0.717) is 13.2 Å². The van der Waals surface area contributed by atoms with Crippen LogP contribution in [0.4, 0.5) is 0 Å². The maximum Gasteiger partial charge on any atom is 0.225 e. The van der Waals surface area contributed by atoms with Crippen LogP contribution in [-0.2, 0) is 4.79 Å². The Balaban J connectivity index is 1.71. The minimum atomic E-state index is 0.0507. The van der Waals surface area contributed by atoms with Crippen molar-refractivity contribution in [2.45, 2.75) is 33.2 Å². The molecule has 0 saturated carbocycles. The van der Waals surface area contributed by atoms with Crippen molar-refractivity contribution < 1.29 is 9.53 Å². The van der Waals surface area contributed by atoms with Crippen molar-refractivity contribution in [2.24, 2.45) is 10.9 Å². The molecule has 1 saturated heterocycles. The number of nitrogens with one attached hydrogen (secondary N) is 2. The number of para-hydroxylation sites is 1. The molecule has 1 aromatic carbocycles.